The second-order valence-electron chi connectivity index (χ2n) is 5.04. The van der Waals surface area contributed by atoms with Crippen LogP contribution >= 0.6 is 11.6 Å². The average Bonchev–Trinajstić information content (AvgIpc) is 2.44. The molecule has 0 amide bonds. The lowest BCUT2D eigenvalue weighted by atomic mass is 10.0. The fraction of sp³-hybridized carbons (Fsp3) is 0.312. The predicted octanol–water partition coefficient (Wildman–Crippen LogP) is 3.32. The summed E-state index contributed by atoms with van der Waals surface area (Å²) in [5.41, 5.74) is 3.27. The standard InChI is InChI=1S/C16H17ClN2O2/c1-4-7-19-16(21)13(15(17)20)9-14(18-19)12-6-5-10(2)11(3)8-12/h5-6,8-9H,4,7H2,1-3H3. The number of nitrogens with zero attached hydrogens (tertiary/aromatic N) is 2. The number of carbonyl (C=O) groups is 1. The third kappa shape index (κ3) is 3.22. The molecule has 110 valence electrons. The maximum absolute atomic E-state index is 12.1. The van der Waals surface area contributed by atoms with Crippen LogP contribution in [0.25, 0.3) is 11.3 Å². The molecule has 0 aliphatic heterocycles. The Morgan fingerprint density at radius 1 is 1.24 bits per heavy atom. The van der Waals surface area contributed by atoms with Crippen LogP contribution in [0.4, 0.5) is 0 Å². The lowest BCUT2D eigenvalue weighted by Gasteiger charge is -2.09. The maximum Gasteiger partial charge on any atom is 0.278 e. The molecule has 0 fully saturated rings. The van der Waals surface area contributed by atoms with Crippen molar-refractivity contribution in [3.05, 3.63) is 51.3 Å². The Morgan fingerprint density at radius 2 is 1.95 bits per heavy atom. The Kier molecular flexibility index (Phi) is 4.58. The van der Waals surface area contributed by atoms with Crippen molar-refractivity contribution < 1.29 is 4.79 Å². The molecule has 21 heavy (non-hydrogen) atoms. The molecule has 2 rings (SSSR count). The molecule has 0 bridgehead atoms. The number of hydrogen-bond donors (Lipinski definition) is 0. The second kappa shape index (κ2) is 6.22. The molecule has 0 N–H and O–H groups in total. The summed E-state index contributed by atoms with van der Waals surface area (Å²) in [6, 6.07) is 7.37. The van der Waals surface area contributed by atoms with Crippen LogP contribution in [-0.2, 0) is 6.54 Å². The fourth-order valence-electron chi connectivity index (χ4n) is 2.09. The molecule has 1 aromatic carbocycles. The van der Waals surface area contributed by atoms with E-state index < -0.39 is 10.8 Å². The van der Waals surface area contributed by atoms with E-state index in [0.717, 1.165) is 17.5 Å². The highest BCUT2D eigenvalue weighted by molar-refractivity contribution is 6.67. The minimum absolute atomic E-state index is 0.0339. The molecule has 1 heterocycles. The zero-order valence-corrected chi connectivity index (χ0v) is 13.1. The summed E-state index contributed by atoms with van der Waals surface area (Å²) in [7, 11) is 0. The number of benzene rings is 1. The molecule has 0 atom stereocenters. The number of hydrogen-bond acceptors (Lipinski definition) is 3. The van der Waals surface area contributed by atoms with Crippen molar-refractivity contribution in [2.24, 2.45) is 0 Å². The minimum atomic E-state index is -0.752. The van der Waals surface area contributed by atoms with Crippen molar-refractivity contribution >= 4 is 16.8 Å². The van der Waals surface area contributed by atoms with E-state index in [0.29, 0.717) is 12.2 Å². The quantitative estimate of drug-likeness (QED) is 0.814. The van der Waals surface area contributed by atoms with E-state index in [-0.39, 0.29) is 5.56 Å². The first kappa shape index (κ1) is 15.4. The largest absolute Gasteiger partial charge is 0.278 e. The van der Waals surface area contributed by atoms with Crippen molar-refractivity contribution in [2.45, 2.75) is 33.7 Å². The molecule has 0 spiro atoms. The highest BCUT2D eigenvalue weighted by Gasteiger charge is 2.14. The van der Waals surface area contributed by atoms with Crippen LogP contribution in [0.5, 0.6) is 0 Å². The molecule has 1 aromatic heterocycles. The Morgan fingerprint density at radius 3 is 2.52 bits per heavy atom. The monoisotopic (exact) mass is 304 g/mol. The summed E-state index contributed by atoms with van der Waals surface area (Å²) in [6.07, 6.45) is 0.749. The van der Waals surface area contributed by atoms with Crippen LogP contribution < -0.4 is 5.56 Å². The van der Waals surface area contributed by atoms with Gasteiger partial charge in [0.2, 0.25) is 0 Å². The zero-order chi connectivity index (χ0) is 15.6. The molecule has 0 aliphatic carbocycles. The summed E-state index contributed by atoms with van der Waals surface area (Å²) in [5.74, 6) is 0. The minimum Gasteiger partial charge on any atom is -0.275 e. The Hall–Kier alpha value is -1.94. The van der Waals surface area contributed by atoms with E-state index >= 15 is 0 Å². The van der Waals surface area contributed by atoms with Gasteiger partial charge in [-0.1, -0.05) is 19.1 Å². The van der Waals surface area contributed by atoms with Crippen LogP contribution in [0.1, 0.15) is 34.8 Å². The van der Waals surface area contributed by atoms with E-state index in [2.05, 4.69) is 5.10 Å². The van der Waals surface area contributed by atoms with Gasteiger partial charge < -0.3 is 0 Å². The van der Waals surface area contributed by atoms with Crippen molar-refractivity contribution in [1.82, 2.24) is 9.78 Å². The molecule has 2 aromatic rings. The SMILES string of the molecule is CCCn1nc(-c2ccc(C)c(C)c2)cc(C(=O)Cl)c1=O. The summed E-state index contributed by atoms with van der Waals surface area (Å²) in [6.45, 7) is 6.43. The molecular formula is C16H17ClN2O2. The van der Waals surface area contributed by atoms with Gasteiger partial charge in [-0.2, -0.15) is 5.10 Å². The fourth-order valence-corrected chi connectivity index (χ4v) is 2.22. The van der Waals surface area contributed by atoms with Crippen molar-refractivity contribution in [3.8, 4) is 11.3 Å². The van der Waals surface area contributed by atoms with Gasteiger partial charge in [0.15, 0.2) is 0 Å². The number of carbonyl (C=O) groups excluding carboxylic acids is 1. The molecule has 0 radical (unpaired) electrons. The van der Waals surface area contributed by atoms with Gasteiger partial charge in [0.1, 0.15) is 5.56 Å². The predicted molar refractivity (Wildman–Crippen MR) is 83.9 cm³/mol. The van der Waals surface area contributed by atoms with Crippen molar-refractivity contribution in [2.75, 3.05) is 0 Å². The van der Waals surface area contributed by atoms with Gasteiger partial charge in [-0.05, 0) is 55.1 Å². The average molecular weight is 305 g/mol. The molecule has 0 saturated heterocycles. The van der Waals surface area contributed by atoms with Crippen LogP contribution in [0, 0.1) is 13.8 Å². The van der Waals surface area contributed by atoms with Crippen LogP contribution in [0.2, 0.25) is 0 Å². The third-order valence-electron chi connectivity index (χ3n) is 3.42. The molecular weight excluding hydrogens is 288 g/mol. The molecule has 4 nitrogen and oxygen atoms in total. The molecule has 5 heteroatoms. The van der Waals surface area contributed by atoms with Gasteiger partial charge in [0, 0.05) is 12.1 Å². The molecule has 0 saturated carbocycles. The number of aromatic nitrogens is 2. The summed E-state index contributed by atoms with van der Waals surface area (Å²) in [4.78, 5) is 23.6. The topological polar surface area (TPSA) is 52.0 Å². The van der Waals surface area contributed by atoms with Gasteiger partial charge in [0.25, 0.3) is 10.8 Å². The highest BCUT2D eigenvalue weighted by atomic mass is 35.5. The normalized spacial score (nSPS) is 10.7. The van der Waals surface area contributed by atoms with E-state index in [1.54, 1.807) is 0 Å². The lowest BCUT2D eigenvalue weighted by Crippen LogP contribution is -2.27. The first-order valence-corrected chi connectivity index (χ1v) is 7.21. The van der Waals surface area contributed by atoms with Gasteiger partial charge in [-0.3, -0.25) is 9.59 Å². The van der Waals surface area contributed by atoms with Crippen LogP contribution in [0.3, 0.4) is 0 Å². The smallest absolute Gasteiger partial charge is 0.275 e. The Bertz CT molecular complexity index is 750. The van der Waals surface area contributed by atoms with Gasteiger partial charge in [-0.15, -0.1) is 0 Å². The molecule has 0 aliphatic rings. The van der Waals surface area contributed by atoms with E-state index in [9.17, 15) is 9.59 Å². The number of halogens is 1. The summed E-state index contributed by atoms with van der Waals surface area (Å²) in [5, 5.41) is 3.59. The third-order valence-corrected chi connectivity index (χ3v) is 3.63. The second-order valence-corrected chi connectivity index (χ2v) is 5.39. The number of aryl methyl sites for hydroxylation is 3. The summed E-state index contributed by atoms with van der Waals surface area (Å²) >= 11 is 5.52. The maximum atomic E-state index is 12.1. The van der Waals surface area contributed by atoms with Gasteiger partial charge in [-0.25, -0.2) is 4.68 Å². The van der Waals surface area contributed by atoms with Crippen molar-refractivity contribution in [1.29, 1.82) is 0 Å². The summed E-state index contributed by atoms with van der Waals surface area (Å²) < 4.78 is 1.31. The first-order valence-electron chi connectivity index (χ1n) is 6.83. The Labute approximate surface area is 128 Å². The van der Waals surface area contributed by atoms with Crippen molar-refractivity contribution in [3.63, 3.8) is 0 Å². The lowest BCUT2D eigenvalue weighted by molar-refractivity contribution is 0.107. The first-order chi connectivity index (χ1) is 9.93. The van der Waals surface area contributed by atoms with Gasteiger partial charge >= 0.3 is 0 Å². The number of rotatable bonds is 4. The van der Waals surface area contributed by atoms with Gasteiger partial charge in [0.05, 0.1) is 5.69 Å². The van der Waals surface area contributed by atoms with E-state index in [1.807, 2.05) is 39.0 Å². The highest BCUT2D eigenvalue weighted by Crippen LogP contribution is 2.20. The van der Waals surface area contributed by atoms with E-state index in [1.165, 1.54) is 16.3 Å². The van der Waals surface area contributed by atoms with E-state index in [4.69, 9.17) is 11.6 Å². The van der Waals surface area contributed by atoms with Crippen LogP contribution in [0.15, 0.2) is 29.1 Å². The van der Waals surface area contributed by atoms with Crippen LogP contribution in [-0.4, -0.2) is 15.0 Å². The zero-order valence-electron chi connectivity index (χ0n) is 12.3. The Balaban J connectivity index is 2.65. The molecule has 0 unspecified atom stereocenters.